The zero-order valence-electron chi connectivity index (χ0n) is 13.4. The number of rotatable bonds is 4. The second-order valence-corrected chi connectivity index (χ2v) is 6.01. The topological polar surface area (TPSA) is 62.7 Å². The number of carbonyl (C=O) groups is 1. The molecule has 0 atom stereocenters. The van der Waals surface area contributed by atoms with Gasteiger partial charge >= 0.3 is 0 Å². The number of amides is 1. The lowest BCUT2D eigenvalue weighted by Crippen LogP contribution is -2.46. The molecule has 0 aliphatic carbocycles. The van der Waals surface area contributed by atoms with E-state index < -0.39 is 5.54 Å². The fraction of sp³-hybridized carbons (Fsp3) is 0.500. The maximum absolute atomic E-state index is 13.5. The average molecular weight is 307 g/mol. The van der Waals surface area contributed by atoms with Gasteiger partial charge in [0.2, 0.25) is 5.91 Å². The Bertz CT molecular complexity index is 612. The monoisotopic (exact) mass is 307 g/mol. The van der Waals surface area contributed by atoms with Crippen LogP contribution in [-0.4, -0.2) is 30.9 Å². The summed E-state index contributed by atoms with van der Waals surface area (Å²) in [5.74, 6) is -0.445. The van der Waals surface area contributed by atoms with Crippen molar-refractivity contribution in [2.75, 3.05) is 19.0 Å². The quantitative estimate of drug-likeness (QED) is 0.840. The number of nitrogens with one attached hydrogen (secondary N) is 2. The van der Waals surface area contributed by atoms with Crippen molar-refractivity contribution in [1.29, 1.82) is 0 Å². The molecule has 1 aliphatic heterocycles. The molecule has 22 heavy (non-hydrogen) atoms. The number of benzene rings is 1. The predicted molar refractivity (Wildman–Crippen MR) is 84.6 cm³/mol. The molecule has 0 bridgehead atoms. The van der Waals surface area contributed by atoms with Gasteiger partial charge in [0, 0.05) is 19.2 Å². The van der Waals surface area contributed by atoms with Crippen LogP contribution in [0.5, 0.6) is 0 Å². The predicted octanol–water partition coefficient (Wildman–Crippen LogP) is 2.39. The summed E-state index contributed by atoms with van der Waals surface area (Å²) in [5, 5.41) is 7.54. The van der Waals surface area contributed by atoms with E-state index in [2.05, 4.69) is 15.8 Å². The summed E-state index contributed by atoms with van der Waals surface area (Å²) in [6.45, 7) is 6.14. The van der Waals surface area contributed by atoms with E-state index in [-0.39, 0.29) is 18.1 Å². The summed E-state index contributed by atoms with van der Waals surface area (Å²) in [6, 6.07) is 3.01. The van der Waals surface area contributed by atoms with Crippen LogP contribution in [0.2, 0.25) is 0 Å². The highest BCUT2D eigenvalue weighted by Gasteiger charge is 2.32. The third-order valence-corrected chi connectivity index (χ3v) is 3.80. The number of nitrogens with zero attached hydrogens (tertiary/aromatic N) is 1. The van der Waals surface area contributed by atoms with Crippen LogP contribution in [0.4, 0.5) is 10.1 Å². The van der Waals surface area contributed by atoms with Crippen LogP contribution in [0.3, 0.4) is 0 Å². The van der Waals surface area contributed by atoms with Crippen LogP contribution >= 0.6 is 0 Å². The first-order valence-electron chi connectivity index (χ1n) is 7.25. The van der Waals surface area contributed by atoms with E-state index in [4.69, 9.17) is 4.74 Å². The average Bonchev–Trinajstić information content (AvgIpc) is 2.42. The summed E-state index contributed by atoms with van der Waals surface area (Å²) in [5.41, 5.74) is 5.57. The SMILES string of the molecule is COCCC(=O)N/N=C1/Cc2c(C)cc(F)cc2NC1(C)C. The van der Waals surface area contributed by atoms with Gasteiger partial charge in [0.25, 0.3) is 0 Å². The lowest BCUT2D eigenvalue weighted by molar-refractivity contribution is -0.121. The minimum atomic E-state index is -0.457. The number of methoxy groups -OCH3 is 1. The van der Waals surface area contributed by atoms with Crippen molar-refractivity contribution in [1.82, 2.24) is 5.43 Å². The number of ether oxygens (including phenoxy) is 1. The van der Waals surface area contributed by atoms with Crippen molar-refractivity contribution in [3.8, 4) is 0 Å². The molecule has 5 nitrogen and oxygen atoms in total. The molecule has 0 spiro atoms. The Morgan fingerprint density at radius 3 is 2.91 bits per heavy atom. The molecule has 2 N–H and O–H groups in total. The summed E-state index contributed by atoms with van der Waals surface area (Å²) in [6.07, 6.45) is 0.841. The highest BCUT2D eigenvalue weighted by molar-refractivity contribution is 6.01. The molecule has 0 saturated heterocycles. The lowest BCUT2D eigenvalue weighted by Gasteiger charge is -2.35. The molecule has 1 aliphatic rings. The van der Waals surface area contributed by atoms with E-state index in [0.29, 0.717) is 13.0 Å². The van der Waals surface area contributed by atoms with E-state index in [1.54, 1.807) is 7.11 Å². The molecule has 2 rings (SSSR count). The molecular formula is C16H22FN3O2. The van der Waals surface area contributed by atoms with Gasteiger partial charge in [0.05, 0.1) is 24.3 Å². The van der Waals surface area contributed by atoms with Gasteiger partial charge in [-0.25, -0.2) is 9.82 Å². The highest BCUT2D eigenvalue weighted by atomic mass is 19.1. The number of fused-ring (bicyclic) bond motifs is 1. The Morgan fingerprint density at radius 2 is 2.23 bits per heavy atom. The molecule has 0 radical (unpaired) electrons. The van der Waals surface area contributed by atoms with Crippen molar-refractivity contribution >= 4 is 17.3 Å². The zero-order valence-corrected chi connectivity index (χ0v) is 13.4. The second-order valence-electron chi connectivity index (χ2n) is 6.01. The van der Waals surface area contributed by atoms with Crippen LogP contribution in [0, 0.1) is 12.7 Å². The van der Waals surface area contributed by atoms with Crippen LogP contribution in [0.25, 0.3) is 0 Å². The number of anilines is 1. The largest absolute Gasteiger partial charge is 0.384 e. The van der Waals surface area contributed by atoms with Gasteiger partial charge in [-0.3, -0.25) is 4.79 Å². The van der Waals surface area contributed by atoms with Crippen molar-refractivity contribution in [2.24, 2.45) is 5.10 Å². The number of halogens is 1. The van der Waals surface area contributed by atoms with E-state index in [0.717, 1.165) is 22.5 Å². The molecule has 6 heteroatoms. The molecule has 1 heterocycles. The van der Waals surface area contributed by atoms with Crippen LogP contribution < -0.4 is 10.7 Å². The smallest absolute Gasteiger partial charge is 0.242 e. The first kappa shape index (κ1) is 16.4. The summed E-state index contributed by atoms with van der Waals surface area (Å²) >= 11 is 0. The molecule has 0 saturated carbocycles. The Morgan fingerprint density at radius 1 is 1.50 bits per heavy atom. The normalized spacial score (nSPS) is 17.8. The van der Waals surface area contributed by atoms with Crippen molar-refractivity contribution in [3.63, 3.8) is 0 Å². The maximum atomic E-state index is 13.5. The number of hydrazone groups is 1. The summed E-state index contributed by atoms with van der Waals surface area (Å²) in [4.78, 5) is 11.6. The standard InChI is InChI=1S/C16H22FN3O2/c1-10-7-11(17)8-13-12(10)9-14(16(2,3)18-13)19-20-15(21)5-6-22-4/h7-8,18H,5-6,9H2,1-4H3,(H,20,21)/b19-14-. The molecule has 1 aromatic rings. The summed E-state index contributed by atoms with van der Waals surface area (Å²) in [7, 11) is 1.55. The fourth-order valence-electron chi connectivity index (χ4n) is 2.48. The minimum Gasteiger partial charge on any atom is -0.384 e. The van der Waals surface area contributed by atoms with Gasteiger partial charge in [-0.2, -0.15) is 5.10 Å². The molecular weight excluding hydrogens is 285 g/mol. The second kappa shape index (κ2) is 6.44. The zero-order chi connectivity index (χ0) is 16.3. The van der Waals surface area contributed by atoms with Crippen LogP contribution in [0.15, 0.2) is 17.2 Å². The van der Waals surface area contributed by atoms with Gasteiger partial charge in [-0.1, -0.05) is 0 Å². The summed E-state index contributed by atoms with van der Waals surface area (Å²) < 4.78 is 18.4. The fourth-order valence-corrected chi connectivity index (χ4v) is 2.48. The van der Waals surface area contributed by atoms with E-state index in [9.17, 15) is 9.18 Å². The van der Waals surface area contributed by atoms with Gasteiger partial charge in [0.15, 0.2) is 0 Å². The highest BCUT2D eigenvalue weighted by Crippen LogP contribution is 2.31. The first-order valence-corrected chi connectivity index (χ1v) is 7.25. The minimum absolute atomic E-state index is 0.188. The van der Waals surface area contributed by atoms with Crippen LogP contribution in [-0.2, 0) is 16.0 Å². The van der Waals surface area contributed by atoms with Crippen LogP contribution in [0.1, 0.15) is 31.4 Å². The van der Waals surface area contributed by atoms with E-state index >= 15 is 0 Å². The van der Waals surface area contributed by atoms with Gasteiger partial charge in [-0.15, -0.1) is 0 Å². The number of aryl methyl sites for hydroxylation is 1. The first-order chi connectivity index (χ1) is 10.3. The molecule has 1 aromatic carbocycles. The van der Waals surface area contributed by atoms with Gasteiger partial charge < -0.3 is 10.1 Å². The number of hydrogen-bond donors (Lipinski definition) is 2. The van der Waals surface area contributed by atoms with Crippen molar-refractivity contribution in [3.05, 3.63) is 29.1 Å². The van der Waals surface area contributed by atoms with Crippen molar-refractivity contribution < 1.29 is 13.9 Å². The van der Waals surface area contributed by atoms with Gasteiger partial charge in [-0.05, 0) is 44.0 Å². The Labute approximate surface area is 129 Å². The number of hydrogen-bond acceptors (Lipinski definition) is 4. The Kier molecular flexibility index (Phi) is 4.81. The van der Waals surface area contributed by atoms with Gasteiger partial charge in [0.1, 0.15) is 5.82 Å². The Balaban J connectivity index is 2.21. The maximum Gasteiger partial charge on any atom is 0.242 e. The molecule has 0 unspecified atom stereocenters. The molecule has 0 fully saturated rings. The van der Waals surface area contributed by atoms with E-state index in [1.807, 2.05) is 20.8 Å². The third-order valence-electron chi connectivity index (χ3n) is 3.80. The van der Waals surface area contributed by atoms with E-state index in [1.165, 1.54) is 12.1 Å². The lowest BCUT2D eigenvalue weighted by atomic mass is 9.85. The molecule has 1 amide bonds. The third kappa shape index (κ3) is 3.62. The Hall–Kier alpha value is -1.95. The molecule has 120 valence electrons. The van der Waals surface area contributed by atoms with Crippen molar-refractivity contribution in [2.45, 2.75) is 39.2 Å². The number of carbonyl (C=O) groups excluding carboxylic acids is 1. The molecule has 0 aromatic heterocycles.